The largest absolute Gasteiger partial charge is 0.509 e. The Hall–Kier alpha value is -1.44. The quantitative estimate of drug-likeness (QED) is 0.263. The van der Waals surface area contributed by atoms with Gasteiger partial charge in [0.1, 0.15) is 12.4 Å². The predicted molar refractivity (Wildman–Crippen MR) is 61.9 cm³/mol. The van der Waals surface area contributed by atoms with Gasteiger partial charge in [0.2, 0.25) is 0 Å². The summed E-state index contributed by atoms with van der Waals surface area (Å²) in [6, 6.07) is 0. The maximum absolute atomic E-state index is 11.0. The molecule has 0 aliphatic rings. The number of aliphatic hydroxyl groups excluding tert-OH is 1. The molecule has 0 rings (SSSR count). The Kier molecular flexibility index (Phi) is 7.95. The number of nitrogens with two attached hydrogens (primary N) is 1. The summed E-state index contributed by atoms with van der Waals surface area (Å²) in [6.07, 6.45) is 0.659. The SMILES string of the molecule is COCC(O)=C(C=NCC(OC)OC)C(N)=O. The lowest BCUT2D eigenvalue weighted by Gasteiger charge is -2.09. The molecule has 0 aromatic heterocycles. The van der Waals surface area contributed by atoms with E-state index >= 15 is 0 Å². The monoisotopic (exact) mass is 246 g/mol. The summed E-state index contributed by atoms with van der Waals surface area (Å²) in [7, 11) is 4.33. The van der Waals surface area contributed by atoms with Crippen molar-refractivity contribution in [3.05, 3.63) is 11.3 Å². The van der Waals surface area contributed by atoms with Crippen molar-refractivity contribution in [2.75, 3.05) is 34.5 Å². The van der Waals surface area contributed by atoms with Crippen LogP contribution in [-0.2, 0) is 19.0 Å². The lowest BCUT2D eigenvalue weighted by molar-refractivity contribution is -0.114. The van der Waals surface area contributed by atoms with Crippen LogP contribution in [0.25, 0.3) is 0 Å². The van der Waals surface area contributed by atoms with E-state index in [1.165, 1.54) is 27.5 Å². The molecule has 0 spiro atoms. The molecule has 0 radical (unpaired) electrons. The van der Waals surface area contributed by atoms with E-state index < -0.39 is 12.2 Å². The van der Waals surface area contributed by atoms with Crippen LogP contribution in [0.1, 0.15) is 0 Å². The number of nitrogens with zero attached hydrogens (tertiary/aromatic N) is 1. The van der Waals surface area contributed by atoms with Gasteiger partial charge in [0.25, 0.3) is 5.91 Å². The van der Waals surface area contributed by atoms with Gasteiger partial charge in [0.15, 0.2) is 6.29 Å². The summed E-state index contributed by atoms with van der Waals surface area (Å²) in [4.78, 5) is 14.9. The lowest BCUT2D eigenvalue weighted by atomic mass is 10.2. The normalized spacial score (nSPS) is 13.2. The van der Waals surface area contributed by atoms with Crippen LogP contribution in [0.3, 0.4) is 0 Å². The van der Waals surface area contributed by atoms with Crippen LogP contribution in [0.15, 0.2) is 16.3 Å². The zero-order valence-corrected chi connectivity index (χ0v) is 10.2. The highest BCUT2D eigenvalue weighted by Gasteiger charge is 2.10. The van der Waals surface area contributed by atoms with Crippen molar-refractivity contribution < 1.29 is 24.1 Å². The molecule has 1 amide bonds. The van der Waals surface area contributed by atoms with Gasteiger partial charge in [-0.15, -0.1) is 0 Å². The van der Waals surface area contributed by atoms with E-state index in [0.717, 1.165) is 0 Å². The van der Waals surface area contributed by atoms with Crippen LogP contribution in [0.5, 0.6) is 0 Å². The maximum atomic E-state index is 11.0. The van der Waals surface area contributed by atoms with Crippen LogP contribution in [0.2, 0.25) is 0 Å². The first kappa shape index (κ1) is 15.6. The van der Waals surface area contributed by atoms with Crippen LogP contribution in [-0.4, -0.2) is 58.0 Å². The fourth-order valence-electron chi connectivity index (χ4n) is 0.970. The number of aliphatic imine (C=N–C) groups is 1. The van der Waals surface area contributed by atoms with E-state index in [1.807, 2.05) is 0 Å². The number of hydrogen-bond donors (Lipinski definition) is 2. The molecule has 98 valence electrons. The van der Waals surface area contributed by atoms with Crippen molar-refractivity contribution in [3.63, 3.8) is 0 Å². The maximum Gasteiger partial charge on any atom is 0.253 e. The van der Waals surface area contributed by atoms with Gasteiger partial charge in [0.05, 0.1) is 12.1 Å². The van der Waals surface area contributed by atoms with Gasteiger partial charge >= 0.3 is 0 Å². The Labute approximate surface area is 99.9 Å². The molecular formula is C10H18N2O5. The molecule has 0 saturated heterocycles. The highest BCUT2D eigenvalue weighted by atomic mass is 16.7. The van der Waals surface area contributed by atoms with Gasteiger partial charge in [-0.3, -0.25) is 9.79 Å². The molecule has 0 saturated carbocycles. The number of carbonyl (C=O) groups excluding carboxylic acids is 1. The Morgan fingerprint density at radius 3 is 2.41 bits per heavy atom. The number of amides is 1. The Bertz CT molecular complexity index is 297. The minimum Gasteiger partial charge on any atom is -0.509 e. The van der Waals surface area contributed by atoms with E-state index in [-0.39, 0.29) is 24.5 Å². The summed E-state index contributed by atoms with van der Waals surface area (Å²) in [5.74, 6) is -1.05. The highest BCUT2D eigenvalue weighted by Crippen LogP contribution is 2.00. The topological polar surface area (TPSA) is 103 Å². The molecule has 0 bridgehead atoms. The Morgan fingerprint density at radius 1 is 1.41 bits per heavy atom. The number of primary amides is 1. The first-order chi connectivity index (χ1) is 8.06. The van der Waals surface area contributed by atoms with E-state index in [9.17, 15) is 9.90 Å². The molecule has 0 atom stereocenters. The molecule has 0 unspecified atom stereocenters. The molecule has 0 heterocycles. The first-order valence-corrected chi connectivity index (χ1v) is 4.83. The molecule has 0 fully saturated rings. The lowest BCUT2D eigenvalue weighted by Crippen LogP contribution is -2.20. The van der Waals surface area contributed by atoms with Gasteiger partial charge < -0.3 is 25.1 Å². The number of methoxy groups -OCH3 is 3. The molecular weight excluding hydrogens is 228 g/mol. The predicted octanol–water partition coefficient (Wildman–Crippen LogP) is -0.380. The first-order valence-electron chi connectivity index (χ1n) is 4.83. The van der Waals surface area contributed by atoms with Crippen LogP contribution in [0.4, 0.5) is 0 Å². The summed E-state index contributed by atoms with van der Waals surface area (Å²) in [5.41, 5.74) is 4.98. The smallest absolute Gasteiger partial charge is 0.253 e. The van der Waals surface area contributed by atoms with Gasteiger partial charge in [-0.05, 0) is 0 Å². The van der Waals surface area contributed by atoms with Crippen LogP contribution >= 0.6 is 0 Å². The second kappa shape index (κ2) is 8.68. The molecule has 17 heavy (non-hydrogen) atoms. The molecule has 3 N–H and O–H groups in total. The zero-order valence-electron chi connectivity index (χ0n) is 10.2. The van der Waals surface area contributed by atoms with E-state index in [4.69, 9.17) is 15.2 Å². The Balaban J connectivity index is 4.61. The van der Waals surface area contributed by atoms with Crippen molar-refractivity contribution in [1.29, 1.82) is 0 Å². The Morgan fingerprint density at radius 2 is 2.00 bits per heavy atom. The highest BCUT2D eigenvalue weighted by molar-refractivity contribution is 6.11. The molecule has 0 aromatic rings. The summed E-state index contributed by atoms with van der Waals surface area (Å²) >= 11 is 0. The van der Waals surface area contributed by atoms with Gasteiger partial charge in [-0.1, -0.05) is 0 Å². The number of ether oxygens (including phenoxy) is 3. The van der Waals surface area contributed by atoms with E-state index in [1.54, 1.807) is 0 Å². The third-order valence-corrected chi connectivity index (χ3v) is 1.86. The van der Waals surface area contributed by atoms with Gasteiger partial charge in [0, 0.05) is 27.5 Å². The van der Waals surface area contributed by atoms with Crippen LogP contribution in [0, 0.1) is 0 Å². The third-order valence-electron chi connectivity index (χ3n) is 1.86. The number of aliphatic hydroxyl groups is 1. The molecule has 0 aromatic carbocycles. The summed E-state index contributed by atoms with van der Waals surface area (Å²) in [6.45, 7) is 0.0757. The van der Waals surface area contributed by atoms with Crippen molar-refractivity contribution in [2.45, 2.75) is 6.29 Å². The zero-order chi connectivity index (χ0) is 13.3. The fraction of sp³-hybridized carbons (Fsp3) is 0.600. The van der Waals surface area contributed by atoms with E-state index in [0.29, 0.717) is 0 Å². The van der Waals surface area contributed by atoms with Crippen molar-refractivity contribution in [1.82, 2.24) is 0 Å². The third kappa shape index (κ3) is 6.00. The van der Waals surface area contributed by atoms with Crippen molar-refractivity contribution in [2.24, 2.45) is 10.7 Å². The van der Waals surface area contributed by atoms with E-state index in [2.05, 4.69) is 9.73 Å². The molecule has 0 aliphatic carbocycles. The standard InChI is InChI=1S/C10H18N2O5/c1-15-6-8(13)7(10(11)14)4-12-5-9(16-2)17-3/h4,9,13H,5-6H2,1-3H3,(H2,11,14). The minimum absolute atomic E-state index is 0.0993. The summed E-state index contributed by atoms with van der Waals surface area (Å²) < 4.78 is 14.5. The van der Waals surface area contributed by atoms with Crippen molar-refractivity contribution >= 4 is 12.1 Å². The van der Waals surface area contributed by atoms with Crippen molar-refractivity contribution in [3.8, 4) is 0 Å². The molecule has 7 nitrogen and oxygen atoms in total. The van der Waals surface area contributed by atoms with Crippen LogP contribution < -0.4 is 5.73 Å². The second-order valence-corrected chi connectivity index (χ2v) is 3.05. The molecule has 0 aliphatic heterocycles. The second-order valence-electron chi connectivity index (χ2n) is 3.05. The number of rotatable bonds is 8. The van der Waals surface area contributed by atoms with Gasteiger partial charge in [-0.2, -0.15) is 0 Å². The number of carbonyl (C=O) groups is 1. The minimum atomic E-state index is -0.783. The average Bonchev–Trinajstić information content (AvgIpc) is 2.29. The fourth-order valence-corrected chi connectivity index (χ4v) is 0.970. The molecule has 7 heteroatoms. The average molecular weight is 246 g/mol. The van der Waals surface area contributed by atoms with Gasteiger partial charge in [-0.25, -0.2) is 0 Å². The summed E-state index contributed by atoms with van der Waals surface area (Å²) in [5, 5.41) is 9.46. The number of hydrogen-bond acceptors (Lipinski definition) is 6.